The molecule has 0 unspecified atom stereocenters. The van der Waals surface area contributed by atoms with Crippen molar-refractivity contribution in [3.63, 3.8) is 0 Å². The molecule has 27 heavy (non-hydrogen) atoms. The van der Waals surface area contributed by atoms with Gasteiger partial charge < -0.3 is 9.47 Å². The molecule has 4 saturated heterocycles. The lowest BCUT2D eigenvalue weighted by molar-refractivity contribution is -0.148. The first-order valence-corrected chi connectivity index (χ1v) is 11.2. The van der Waals surface area contributed by atoms with Crippen LogP contribution in [0.1, 0.15) is 59.3 Å². The fourth-order valence-corrected chi connectivity index (χ4v) is 7.48. The highest BCUT2D eigenvalue weighted by Crippen LogP contribution is 2.57. The maximum absolute atomic E-state index is 12.5. The van der Waals surface area contributed by atoms with E-state index in [1.54, 1.807) is 0 Å². The number of hydrogen-bond donors (Lipinski definition) is 0. The molecule has 0 spiro atoms. The molecule has 5 heteroatoms. The third-order valence-electron chi connectivity index (χ3n) is 8.61. The number of rotatable bonds is 2. The fraction of sp³-hybridized carbons (Fsp3) is 0.909. The minimum absolute atomic E-state index is 0.00362. The zero-order chi connectivity index (χ0) is 18.9. The van der Waals surface area contributed by atoms with Crippen LogP contribution in [0.3, 0.4) is 0 Å². The van der Waals surface area contributed by atoms with Gasteiger partial charge in [-0.05, 0) is 50.5 Å². The van der Waals surface area contributed by atoms with Gasteiger partial charge in [-0.25, -0.2) is 0 Å². The Morgan fingerprint density at radius 1 is 1.04 bits per heavy atom. The molecule has 0 aromatic carbocycles. The van der Waals surface area contributed by atoms with Crippen molar-refractivity contribution in [2.45, 2.75) is 83.6 Å². The van der Waals surface area contributed by atoms with Crippen LogP contribution in [0, 0.1) is 35.5 Å². The first-order valence-electron chi connectivity index (χ1n) is 11.2. The van der Waals surface area contributed by atoms with Crippen molar-refractivity contribution in [3.8, 4) is 0 Å². The van der Waals surface area contributed by atoms with Crippen LogP contribution in [0.5, 0.6) is 0 Å². The van der Waals surface area contributed by atoms with E-state index in [9.17, 15) is 9.59 Å². The molecule has 5 fully saturated rings. The van der Waals surface area contributed by atoms with Gasteiger partial charge in [0.2, 0.25) is 0 Å². The Morgan fingerprint density at radius 2 is 1.85 bits per heavy atom. The molecule has 5 aliphatic rings. The Bertz CT molecular complexity index is 636. The Morgan fingerprint density at radius 3 is 2.56 bits per heavy atom. The third kappa shape index (κ3) is 2.53. The molecule has 4 heterocycles. The summed E-state index contributed by atoms with van der Waals surface area (Å²) in [6.07, 6.45) is 6.87. The van der Waals surface area contributed by atoms with Crippen molar-refractivity contribution in [2.75, 3.05) is 6.54 Å². The second kappa shape index (κ2) is 6.47. The molecule has 0 bridgehead atoms. The zero-order valence-corrected chi connectivity index (χ0v) is 16.8. The molecule has 0 radical (unpaired) electrons. The zero-order valence-electron chi connectivity index (χ0n) is 16.8. The molecule has 5 nitrogen and oxygen atoms in total. The van der Waals surface area contributed by atoms with E-state index in [-0.39, 0.29) is 36.0 Å². The molecule has 1 saturated carbocycles. The predicted octanol–water partition coefficient (Wildman–Crippen LogP) is 3.01. The van der Waals surface area contributed by atoms with Crippen molar-refractivity contribution in [3.05, 3.63) is 0 Å². The topological polar surface area (TPSA) is 55.8 Å². The Balaban J connectivity index is 1.51. The molecule has 5 rings (SSSR count). The highest BCUT2D eigenvalue weighted by Gasteiger charge is 2.63. The molecule has 10 atom stereocenters. The predicted molar refractivity (Wildman–Crippen MR) is 99.7 cm³/mol. The van der Waals surface area contributed by atoms with Crippen LogP contribution in [0.25, 0.3) is 0 Å². The number of carbonyl (C=O) groups is 2. The second-order valence-electron chi connectivity index (χ2n) is 9.81. The Labute approximate surface area is 162 Å². The molecular formula is C22H33NO4. The summed E-state index contributed by atoms with van der Waals surface area (Å²) in [7, 11) is 0. The minimum atomic E-state index is -0.0294. The molecule has 1 aliphatic carbocycles. The van der Waals surface area contributed by atoms with Gasteiger partial charge in [-0.15, -0.1) is 0 Å². The molecule has 0 aromatic heterocycles. The van der Waals surface area contributed by atoms with Crippen LogP contribution in [0.4, 0.5) is 0 Å². The van der Waals surface area contributed by atoms with Gasteiger partial charge in [0.15, 0.2) is 0 Å². The van der Waals surface area contributed by atoms with Crippen LogP contribution < -0.4 is 0 Å². The Kier molecular flexibility index (Phi) is 4.30. The molecule has 0 amide bonds. The van der Waals surface area contributed by atoms with E-state index in [0.29, 0.717) is 35.8 Å². The molecule has 150 valence electrons. The molecule has 4 aliphatic heterocycles. The van der Waals surface area contributed by atoms with Crippen molar-refractivity contribution in [1.82, 2.24) is 4.90 Å². The van der Waals surface area contributed by atoms with Crippen LogP contribution in [-0.4, -0.2) is 47.7 Å². The quantitative estimate of drug-likeness (QED) is 0.695. The van der Waals surface area contributed by atoms with E-state index in [4.69, 9.17) is 9.47 Å². The van der Waals surface area contributed by atoms with Gasteiger partial charge in [0, 0.05) is 23.9 Å². The number of esters is 2. The average molecular weight is 376 g/mol. The molecule has 0 aromatic rings. The van der Waals surface area contributed by atoms with Gasteiger partial charge in [0.25, 0.3) is 0 Å². The second-order valence-corrected chi connectivity index (χ2v) is 9.81. The number of carbonyl (C=O) groups excluding carboxylic acids is 2. The summed E-state index contributed by atoms with van der Waals surface area (Å²) < 4.78 is 11.8. The number of ether oxygens (including phenoxy) is 2. The summed E-state index contributed by atoms with van der Waals surface area (Å²) in [4.78, 5) is 27.3. The van der Waals surface area contributed by atoms with Gasteiger partial charge >= 0.3 is 11.9 Å². The third-order valence-corrected chi connectivity index (χ3v) is 8.61. The summed E-state index contributed by atoms with van der Waals surface area (Å²) in [6, 6.07) is 0.865. The first-order chi connectivity index (χ1) is 13.0. The van der Waals surface area contributed by atoms with Crippen molar-refractivity contribution < 1.29 is 19.1 Å². The van der Waals surface area contributed by atoms with Crippen LogP contribution in [0.15, 0.2) is 0 Å². The van der Waals surface area contributed by atoms with Crippen molar-refractivity contribution >= 4 is 11.9 Å². The van der Waals surface area contributed by atoms with E-state index in [1.807, 2.05) is 6.92 Å². The van der Waals surface area contributed by atoms with Crippen molar-refractivity contribution in [2.24, 2.45) is 35.5 Å². The van der Waals surface area contributed by atoms with E-state index < -0.39 is 0 Å². The number of cyclic esters (lactones) is 1. The van der Waals surface area contributed by atoms with Crippen LogP contribution in [-0.2, 0) is 19.1 Å². The number of nitrogens with zero attached hydrogens (tertiary/aromatic N) is 1. The lowest BCUT2D eigenvalue weighted by Gasteiger charge is -2.48. The van der Waals surface area contributed by atoms with Crippen LogP contribution >= 0.6 is 0 Å². The van der Waals surface area contributed by atoms with Crippen molar-refractivity contribution in [1.29, 1.82) is 0 Å². The summed E-state index contributed by atoms with van der Waals surface area (Å²) in [5, 5.41) is 0. The van der Waals surface area contributed by atoms with Gasteiger partial charge in [0.1, 0.15) is 12.2 Å². The maximum atomic E-state index is 12.5. The van der Waals surface area contributed by atoms with Gasteiger partial charge in [-0.2, -0.15) is 0 Å². The monoisotopic (exact) mass is 375 g/mol. The first kappa shape index (κ1) is 18.0. The summed E-state index contributed by atoms with van der Waals surface area (Å²) in [5.41, 5.74) is 0. The SMILES string of the molecule is CC[C@@H]1[C@@H]2CCCCN3[C@H]2[C@@H](C[C@H]3[C@H]2C[C@H](C)C(=O)O2)[C@@H]2[C@H]1OC(=O)[C@H]2C. The van der Waals surface area contributed by atoms with Gasteiger partial charge in [-0.1, -0.05) is 27.2 Å². The minimum Gasteiger partial charge on any atom is -0.462 e. The largest absolute Gasteiger partial charge is 0.462 e. The smallest absolute Gasteiger partial charge is 0.309 e. The molecule has 0 N–H and O–H groups in total. The van der Waals surface area contributed by atoms with E-state index in [1.165, 1.54) is 19.3 Å². The van der Waals surface area contributed by atoms with Gasteiger partial charge in [-0.3, -0.25) is 14.5 Å². The fourth-order valence-electron chi connectivity index (χ4n) is 7.48. The summed E-state index contributed by atoms with van der Waals surface area (Å²) in [5.74, 6) is 1.94. The Hall–Kier alpha value is -1.10. The maximum Gasteiger partial charge on any atom is 0.309 e. The lowest BCUT2D eigenvalue weighted by atomic mass is 9.60. The highest BCUT2D eigenvalue weighted by atomic mass is 16.6. The summed E-state index contributed by atoms with van der Waals surface area (Å²) >= 11 is 0. The molecular weight excluding hydrogens is 342 g/mol. The summed E-state index contributed by atoms with van der Waals surface area (Å²) in [6.45, 7) is 7.44. The van der Waals surface area contributed by atoms with Gasteiger partial charge in [0.05, 0.1) is 11.8 Å². The van der Waals surface area contributed by atoms with E-state index in [2.05, 4.69) is 18.7 Å². The number of fused-ring (bicyclic) bond motifs is 2. The highest BCUT2D eigenvalue weighted by molar-refractivity contribution is 5.75. The average Bonchev–Trinajstić information content (AvgIpc) is 3.20. The lowest BCUT2D eigenvalue weighted by Crippen LogP contribution is -2.54. The standard InChI is InChI=1S/C22H33NO4/c1-4-13-14-7-5-6-8-23-16(17-9-11(2)21(24)26-17)10-15(19(14)23)18-12(3)22(25)27-20(13)18/h11-20H,4-10H2,1-3H3/t11-,12-,13+,14-,15-,16-,17+,18+,19+,20-/m0/s1. The van der Waals surface area contributed by atoms with E-state index in [0.717, 1.165) is 25.8 Å². The normalized spacial score (nSPS) is 52.1. The van der Waals surface area contributed by atoms with E-state index >= 15 is 0 Å². The van der Waals surface area contributed by atoms with Crippen LogP contribution in [0.2, 0.25) is 0 Å². The number of hydrogen-bond acceptors (Lipinski definition) is 5.